The zero-order valence-electron chi connectivity index (χ0n) is 19.4. The molecule has 3 atom stereocenters. The average Bonchev–Trinajstić information content (AvgIpc) is 3.35. The van der Waals surface area contributed by atoms with Crippen LogP contribution in [0.5, 0.6) is 0 Å². The van der Waals surface area contributed by atoms with Crippen LogP contribution in [0.4, 0.5) is 0 Å². The minimum absolute atomic E-state index is 0.0710. The Kier molecular flexibility index (Phi) is 7.94. The summed E-state index contributed by atoms with van der Waals surface area (Å²) in [6.45, 7) is 7.28. The summed E-state index contributed by atoms with van der Waals surface area (Å²) in [5.41, 5.74) is 0. The second kappa shape index (κ2) is 10.5. The van der Waals surface area contributed by atoms with E-state index in [9.17, 15) is 5.11 Å². The fourth-order valence-electron chi connectivity index (χ4n) is 5.33. The molecule has 2 aromatic rings. The molecule has 5 heteroatoms. The molecule has 1 fully saturated rings. The van der Waals surface area contributed by atoms with Gasteiger partial charge in [-0.15, -0.1) is 23.5 Å². The molecule has 0 saturated carbocycles. The third-order valence-corrected chi connectivity index (χ3v) is 15.2. The van der Waals surface area contributed by atoms with Crippen LogP contribution in [0.15, 0.2) is 72.8 Å². The molecule has 0 spiro atoms. The maximum Gasteiger partial charge on any atom is 0.261 e. The van der Waals surface area contributed by atoms with E-state index in [0.717, 1.165) is 12.8 Å². The predicted octanol–water partition coefficient (Wildman–Crippen LogP) is 5.31. The van der Waals surface area contributed by atoms with Gasteiger partial charge in [0.05, 0.1) is 17.3 Å². The molecule has 2 nitrogen and oxygen atoms in total. The molecule has 0 radical (unpaired) electrons. The van der Waals surface area contributed by atoms with Crippen molar-refractivity contribution in [2.45, 2.75) is 49.3 Å². The minimum atomic E-state index is -2.62. The first-order valence-electron chi connectivity index (χ1n) is 11.7. The van der Waals surface area contributed by atoms with E-state index < -0.39 is 14.4 Å². The van der Waals surface area contributed by atoms with Crippen LogP contribution in [-0.4, -0.2) is 42.2 Å². The average molecular weight is 485 g/mol. The first kappa shape index (κ1) is 24.2. The Labute approximate surface area is 203 Å². The molecule has 1 heterocycles. The van der Waals surface area contributed by atoms with Gasteiger partial charge in [-0.2, -0.15) is 0 Å². The summed E-state index contributed by atoms with van der Waals surface area (Å²) in [5, 5.41) is 13.9. The van der Waals surface area contributed by atoms with Crippen LogP contribution in [0, 0.1) is 11.8 Å². The van der Waals surface area contributed by atoms with Crippen molar-refractivity contribution in [1.29, 1.82) is 0 Å². The van der Waals surface area contributed by atoms with Crippen molar-refractivity contribution in [2.24, 2.45) is 11.8 Å². The highest BCUT2D eigenvalue weighted by molar-refractivity contribution is 8.20. The Balaban J connectivity index is 1.63. The molecule has 2 aliphatic rings. The van der Waals surface area contributed by atoms with E-state index in [1.54, 1.807) is 0 Å². The molecule has 2 aromatic carbocycles. The van der Waals surface area contributed by atoms with Gasteiger partial charge in [-0.25, -0.2) is 0 Å². The monoisotopic (exact) mass is 484 g/mol. The summed E-state index contributed by atoms with van der Waals surface area (Å²) in [7, 11) is -2.62. The van der Waals surface area contributed by atoms with Crippen molar-refractivity contribution >= 4 is 42.2 Å². The Morgan fingerprint density at radius 1 is 0.906 bits per heavy atom. The number of benzene rings is 2. The maximum atomic E-state index is 11.5. The molecule has 1 saturated heterocycles. The fourth-order valence-corrected chi connectivity index (χ4v) is 13.2. The second-order valence-corrected chi connectivity index (χ2v) is 17.0. The summed E-state index contributed by atoms with van der Waals surface area (Å²) in [6, 6.07) is 21.5. The third kappa shape index (κ3) is 4.92. The van der Waals surface area contributed by atoms with Crippen LogP contribution in [0.2, 0.25) is 5.04 Å². The number of hydrogen-bond donors (Lipinski definition) is 1. The van der Waals surface area contributed by atoms with Crippen LogP contribution in [-0.2, 0) is 4.43 Å². The lowest BCUT2D eigenvalue weighted by Gasteiger charge is -2.44. The Morgan fingerprint density at radius 3 is 1.97 bits per heavy atom. The van der Waals surface area contributed by atoms with Crippen LogP contribution >= 0.6 is 23.5 Å². The molecule has 0 aromatic heterocycles. The fraction of sp³-hybridized carbons (Fsp3) is 0.481. The summed E-state index contributed by atoms with van der Waals surface area (Å²) < 4.78 is 7.65. The highest BCUT2D eigenvalue weighted by Crippen LogP contribution is 2.45. The number of allylic oxidation sites excluding steroid dienone is 2. The highest BCUT2D eigenvalue weighted by Gasteiger charge is 2.50. The lowest BCUT2D eigenvalue weighted by atomic mass is 9.80. The van der Waals surface area contributed by atoms with Crippen molar-refractivity contribution in [3.8, 4) is 0 Å². The van der Waals surface area contributed by atoms with Crippen molar-refractivity contribution in [3.05, 3.63) is 72.8 Å². The molecule has 1 N–H and O–H groups in total. The van der Waals surface area contributed by atoms with Crippen molar-refractivity contribution < 1.29 is 9.53 Å². The molecule has 0 bridgehead atoms. The van der Waals surface area contributed by atoms with Gasteiger partial charge in [0.2, 0.25) is 0 Å². The summed E-state index contributed by atoms with van der Waals surface area (Å²) >= 11 is 4.16. The van der Waals surface area contributed by atoms with E-state index in [4.69, 9.17) is 4.43 Å². The van der Waals surface area contributed by atoms with Gasteiger partial charge in [-0.1, -0.05) is 93.6 Å². The van der Waals surface area contributed by atoms with E-state index in [2.05, 4.69) is 117 Å². The van der Waals surface area contributed by atoms with Crippen LogP contribution in [0.1, 0.15) is 33.6 Å². The van der Waals surface area contributed by atoms with E-state index in [-0.39, 0.29) is 11.0 Å². The minimum Gasteiger partial charge on any atom is -0.405 e. The van der Waals surface area contributed by atoms with Gasteiger partial charge in [0.1, 0.15) is 0 Å². The van der Waals surface area contributed by atoms with Crippen molar-refractivity contribution in [3.63, 3.8) is 0 Å². The molecule has 1 aliphatic heterocycles. The van der Waals surface area contributed by atoms with Crippen LogP contribution in [0.3, 0.4) is 0 Å². The SMILES string of the molecule is CC(C)(C)[Si](OC[C@@H](O)[C@H]1CC=CC[C@H]1C1SCCS1)(c1ccccc1)c1ccccc1. The van der Waals surface area contributed by atoms with Crippen LogP contribution < -0.4 is 10.4 Å². The normalized spacial score (nSPS) is 23.4. The molecular formula is C27H36O2S2Si. The van der Waals surface area contributed by atoms with Crippen LogP contribution in [0.25, 0.3) is 0 Å². The summed E-state index contributed by atoms with van der Waals surface area (Å²) in [5.74, 6) is 3.25. The van der Waals surface area contributed by atoms with Gasteiger partial charge in [0, 0.05) is 11.5 Å². The van der Waals surface area contributed by atoms with E-state index in [1.807, 2.05) is 0 Å². The second-order valence-electron chi connectivity index (χ2n) is 9.92. The van der Waals surface area contributed by atoms with Gasteiger partial charge < -0.3 is 9.53 Å². The largest absolute Gasteiger partial charge is 0.405 e. The van der Waals surface area contributed by atoms with Gasteiger partial charge in [-0.3, -0.25) is 0 Å². The summed E-state index contributed by atoms with van der Waals surface area (Å²) in [6.07, 6.45) is 6.15. The molecular weight excluding hydrogens is 449 g/mol. The number of hydrogen-bond acceptors (Lipinski definition) is 4. The quantitative estimate of drug-likeness (QED) is 0.426. The Bertz CT molecular complexity index is 836. The molecule has 172 valence electrons. The number of thioether (sulfide) groups is 2. The van der Waals surface area contributed by atoms with E-state index >= 15 is 0 Å². The molecule has 0 unspecified atom stereocenters. The lowest BCUT2D eigenvalue weighted by molar-refractivity contribution is 0.0304. The van der Waals surface area contributed by atoms with Gasteiger partial charge in [0.25, 0.3) is 8.32 Å². The van der Waals surface area contributed by atoms with E-state index in [1.165, 1.54) is 21.9 Å². The molecule has 1 aliphatic carbocycles. The highest BCUT2D eigenvalue weighted by atomic mass is 32.2. The zero-order chi connectivity index (χ0) is 22.6. The molecule has 4 rings (SSSR count). The number of aliphatic hydroxyl groups excluding tert-OH is 1. The van der Waals surface area contributed by atoms with Crippen molar-refractivity contribution in [1.82, 2.24) is 0 Å². The molecule has 0 amide bonds. The Hall–Kier alpha value is -0.983. The first-order chi connectivity index (χ1) is 15.4. The van der Waals surface area contributed by atoms with Gasteiger partial charge in [-0.05, 0) is 40.1 Å². The smallest absolute Gasteiger partial charge is 0.261 e. The topological polar surface area (TPSA) is 29.5 Å². The number of rotatable bonds is 7. The predicted molar refractivity (Wildman–Crippen MR) is 144 cm³/mol. The summed E-state index contributed by atoms with van der Waals surface area (Å²) in [4.78, 5) is 0. The first-order valence-corrected chi connectivity index (χ1v) is 15.8. The lowest BCUT2D eigenvalue weighted by Crippen LogP contribution is -2.67. The Morgan fingerprint density at radius 2 is 1.44 bits per heavy atom. The number of aliphatic hydroxyl groups is 1. The maximum absolute atomic E-state index is 11.5. The molecule has 32 heavy (non-hydrogen) atoms. The van der Waals surface area contributed by atoms with Gasteiger partial charge >= 0.3 is 0 Å². The third-order valence-electron chi connectivity index (χ3n) is 6.91. The zero-order valence-corrected chi connectivity index (χ0v) is 22.1. The van der Waals surface area contributed by atoms with E-state index in [0.29, 0.717) is 17.1 Å². The van der Waals surface area contributed by atoms with Crippen molar-refractivity contribution in [2.75, 3.05) is 18.1 Å². The van der Waals surface area contributed by atoms with Gasteiger partial charge in [0.15, 0.2) is 0 Å². The standard InChI is InChI=1S/C27H36O2S2Si/c1-27(2,3)32(21-12-6-4-7-13-21,22-14-8-5-9-15-22)29-20-25(28)23-16-10-11-17-24(23)26-30-18-19-31-26/h4-15,23-26,28H,16-20H2,1-3H3/t23-,24+,25+/m0/s1.